The van der Waals surface area contributed by atoms with E-state index in [1.165, 1.54) is 12.8 Å². The lowest BCUT2D eigenvalue weighted by Crippen LogP contribution is -2.34. The quantitative estimate of drug-likeness (QED) is 0.600. The summed E-state index contributed by atoms with van der Waals surface area (Å²) >= 11 is 0. The van der Waals surface area contributed by atoms with Gasteiger partial charge in [0.15, 0.2) is 0 Å². The fourth-order valence-electron chi connectivity index (χ4n) is 1.21. The standard InChI is InChI=1S/C7H15NO/c1-2-3-7-4-8-6-9-5-7/h7-8H,2-6H2,1H3. The number of hydrogen-bond acceptors (Lipinski definition) is 2. The number of nitrogens with one attached hydrogen (secondary N) is 1. The van der Waals surface area contributed by atoms with Gasteiger partial charge in [0, 0.05) is 6.54 Å². The van der Waals surface area contributed by atoms with Gasteiger partial charge in [0.05, 0.1) is 13.3 Å². The molecule has 1 aliphatic heterocycles. The summed E-state index contributed by atoms with van der Waals surface area (Å²) in [6.07, 6.45) is 2.57. The maximum absolute atomic E-state index is 5.22. The van der Waals surface area contributed by atoms with Crippen molar-refractivity contribution in [3.8, 4) is 0 Å². The minimum absolute atomic E-state index is 0.750. The van der Waals surface area contributed by atoms with Crippen LogP contribution < -0.4 is 5.32 Å². The zero-order valence-electron chi connectivity index (χ0n) is 6.02. The van der Waals surface area contributed by atoms with E-state index in [-0.39, 0.29) is 0 Å². The van der Waals surface area contributed by atoms with E-state index in [0.717, 1.165) is 25.8 Å². The fraction of sp³-hybridized carbons (Fsp3) is 1.00. The van der Waals surface area contributed by atoms with E-state index in [1.807, 2.05) is 0 Å². The van der Waals surface area contributed by atoms with Crippen LogP contribution in [0.2, 0.25) is 0 Å². The fourth-order valence-corrected chi connectivity index (χ4v) is 1.21. The van der Waals surface area contributed by atoms with Crippen LogP contribution in [0.3, 0.4) is 0 Å². The lowest BCUT2D eigenvalue weighted by Gasteiger charge is -2.22. The van der Waals surface area contributed by atoms with Gasteiger partial charge in [0.1, 0.15) is 0 Å². The molecular weight excluding hydrogens is 114 g/mol. The molecule has 1 unspecified atom stereocenters. The molecule has 1 heterocycles. The van der Waals surface area contributed by atoms with Crippen molar-refractivity contribution in [2.45, 2.75) is 19.8 Å². The first kappa shape index (κ1) is 7.03. The average Bonchev–Trinajstić information content (AvgIpc) is 1.91. The molecule has 0 aromatic carbocycles. The second-order valence-corrected chi connectivity index (χ2v) is 2.62. The molecule has 9 heavy (non-hydrogen) atoms. The summed E-state index contributed by atoms with van der Waals surface area (Å²) in [4.78, 5) is 0. The van der Waals surface area contributed by atoms with Crippen LogP contribution in [-0.2, 0) is 4.74 Å². The topological polar surface area (TPSA) is 21.3 Å². The highest BCUT2D eigenvalue weighted by atomic mass is 16.5. The molecule has 1 saturated heterocycles. The Balaban J connectivity index is 2.08. The molecule has 0 spiro atoms. The van der Waals surface area contributed by atoms with Crippen molar-refractivity contribution in [2.75, 3.05) is 19.9 Å². The van der Waals surface area contributed by atoms with Crippen LogP contribution in [-0.4, -0.2) is 19.9 Å². The minimum Gasteiger partial charge on any atom is -0.366 e. The van der Waals surface area contributed by atoms with Crippen LogP contribution in [0.4, 0.5) is 0 Å². The molecule has 0 aliphatic carbocycles. The lowest BCUT2D eigenvalue weighted by molar-refractivity contribution is 0.0429. The summed E-state index contributed by atoms with van der Waals surface area (Å²) in [6, 6.07) is 0. The van der Waals surface area contributed by atoms with Crippen molar-refractivity contribution < 1.29 is 4.74 Å². The summed E-state index contributed by atoms with van der Waals surface area (Å²) < 4.78 is 5.22. The van der Waals surface area contributed by atoms with Crippen LogP contribution in [0.5, 0.6) is 0 Å². The SMILES string of the molecule is CCCC1CNCOC1. The highest BCUT2D eigenvalue weighted by Gasteiger charge is 2.10. The first-order valence-electron chi connectivity index (χ1n) is 3.72. The zero-order chi connectivity index (χ0) is 6.53. The van der Waals surface area contributed by atoms with Crippen molar-refractivity contribution in [1.29, 1.82) is 0 Å². The third-order valence-corrected chi connectivity index (χ3v) is 1.69. The van der Waals surface area contributed by atoms with Gasteiger partial charge in [0.25, 0.3) is 0 Å². The molecule has 0 aromatic heterocycles. The average molecular weight is 129 g/mol. The van der Waals surface area contributed by atoms with E-state index >= 15 is 0 Å². The Morgan fingerprint density at radius 3 is 3.11 bits per heavy atom. The lowest BCUT2D eigenvalue weighted by atomic mass is 10.0. The van der Waals surface area contributed by atoms with Crippen molar-refractivity contribution in [2.24, 2.45) is 5.92 Å². The Bertz CT molecular complexity index is 66.6. The van der Waals surface area contributed by atoms with Gasteiger partial charge in [-0.25, -0.2) is 0 Å². The molecule has 0 amide bonds. The summed E-state index contributed by atoms with van der Waals surface area (Å²) in [5, 5.41) is 3.20. The Morgan fingerprint density at radius 2 is 2.56 bits per heavy atom. The van der Waals surface area contributed by atoms with Gasteiger partial charge in [-0.15, -0.1) is 0 Å². The van der Waals surface area contributed by atoms with Gasteiger partial charge in [-0.05, 0) is 12.3 Å². The number of rotatable bonds is 2. The number of hydrogen-bond donors (Lipinski definition) is 1. The van der Waals surface area contributed by atoms with Crippen LogP contribution in [0.25, 0.3) is 0 Å². The van der Waals surface area contributed by atoms with Crippen LogP contribution in [0, 0.1) is 5.92 Å². The second-order valence-electron chi connectivity index (χ2n) is 2.62. The van der Waals surface area contributed by atoms with Gasteiger partial charge < -0.3 is 4.74 Å². The van der Waals surface area contributed by atoms with E-state index in [0.29, 0.717) is 0 Å². The van der Waals surface area contributed by atoms with Gasteiger partial charge in [0.2, 0.25) is 0 Å². The minimum atomic E-state index is 0.750. The molecular formula is C7H15NO. The van der Waals surface area contributed by atoms with Gasteiger partial charge >= 0.3 is 0 Å². The molecule has 1 rings (SSSR count). The molecule has 54 valence electrons. The monoisotopic (exact) mass is 129 g/mol. The Labute approximate surface area is 56.6 Å². The summed E-state index contributed by atoms with van der Waals surface area (Å²) in [5.41, 5.74) is 0. The highest BCUT2D eigenvalue weighted by molar-refractivity contribution is 4.62. The van der Waals surface area contributed by atoms with Crippen molar-refractivity contribution >= 4 is 0 Å². The van der Waals surface area contributed by atoms with Gasteiger partial charge in [-0.1, -0.05) is 13.3 Å². The zero-order valence-corrected chi connectivity index (χ0v) is 6.02. The first-order chi connectivity index (χ1) is 4.43. The Kier molecular flexibility index (Phi) is 3.01. The largest absolute Gasteiger partial charge is 0.366 e. The molecule has 1 aliphatic rings. The number of ether oxygens (including phenoxy) is 1. The van der Waals surface area contributed by atoms with Crippen LogP contribution in [0.15, 0.2) is 0 Å². The predicted octanol–water partition coefficient (Wildman–Crippen LogP) is 0.980. The molecule has 0 bridgehead atoms. The third-order valence-electron chi connectivity index (χ3n) is 1.69. The summed E-state index contributed by atoms with van der Waals surface area (Å²) in [6.45, 7) is 5.07. The normalized spacial score (nSPS) is 28.3. The van der Waals surface area contributed by atoms with Gasteiger partial charge in [-0.2, -0.15) is 0 Å². The van der Waals surface area contributed by atoms with E-state index in [9.17, 15) is 0 Å². The molecule has 2 heteroatoms. The predicted molar refractivity (Wildman–Crippen MR) is 37.2 cm³/mol. The van der Waals surface area contributed by atoms with E-state index in [1.54, 1.807) is 0 Å². The van der Waals surface area contributed by atoms with Crippen LogP contribution >= 0.6 is 0 Å². The maximum Gasteiger partial charge on any atom is 0.0965 e. The summed E-state index contributed by atoms with van der Waals surface area (Å²) in [7, 11) is 0. The van der Waals surface area contributed by atoms with Crippen molar-refractivity contribution in [3.63, 3.8) is 0 Å². The van der Waals surface area contributed by atoms with E-state index in [2.05, 4.69) is 12.2 Å². The Morgan fingerprint density at radius 1 is 1.67 bits per heavy atom. The van der Waals surface area contributed by atoms with Gasteiger partial charge in [-0.3, -0.25) is 5.32 Å². The molecule has 0 radical (unpaired) electrons. The highest BCUT2D eigenvalue weighted by Crippen LogP contribution is 2.07. The molecule has 2 nitrogen and oxygen atoms in total. The molecule has 1 fully saturated rings. The first-order valence-corrected chi connectivity index (χ1v) is 3.72. The molecule has 0 aromatic rings. The Hall–Kier alpha value is -0.0800. The second kappa shape index (κ2) is 3.85. The molecule has 1 N–H and O–H groups in total. The molecule has 1 atom stereocenters. The molecule has 0 saturated carbocycles. The third kappa shape index (κ3) is 2.33. The maximum atomic E-state index is 5.22. The van der Waals surface area contributed by atoms with E-state index < -0.39 is 0 Å². The van der Waals surface area contributed by atoms with E-state index in [4.69, 9.17) is 4.74 Å². The van der Waals surface area contributed by atoms with Crippen molar-refractivity contribution in [1.82, 2.24) is 5.32 Å². The van der Waals surface area contributed by atoms with Crippen LogP contribution in [0.1, 0.15) is 19.8 Å². The summed E-state index contributed by atoms with van der Waals surface area (Å²) in [5.74, 6) is 0.767. The smallest absolute Gasteiger partial charge is 0.0965 e. The van der Waals surface area contributed by atoms with Crippen molar-refractivity contribution in [3.05, 3.63) is 0 Å².